The molecule has 2 N–H and O–H groups in total. The molecular formula is C60H112N2O7P+. The Balaban J connectivity index is 5.38. The second kappa shape index (κ2) is 50.3. The largest absolute Gasteiger partial charge is 0.472 e. The Hall–Kier alpha value is -2.29. The minimum atomic E-state index is -4.45. The summed E-state index contributed by atoms with van der Waals surface area (Å²) in [6.45, 7) is 6.96. The Bertz CT molecular complexity index is 1390. The number of phosphoric acid groups is 1. The van der Waals surface area contributed by atoms with Gasteiger partial charge in [-0.3, -0.25) is 18.6 Å². The lowest BCUT2D eigenvalue weighted by atomic mass is 10.0. The molecule has 0 saturated carbocycles. The Kier molecular flexibility index (Phi) is 48.6. The Morgan fingerprint density at radius 1 is 0.500 bits per heavy atom. The van der Waals surface area contributed by atoms with E-state index in [4.69, 9.17) is 13.8 Å². The smallest absolute Gasteiger partial charge is 0.456 e. The minimum absolute atomic E-state index is 0.0334. The SMILES string of the molecule is CCCCC/C=C\C/C=C\C/C=C\C/C=C\CCCCCC(=O)NC(COP(=O)(O)OCC[N+](C)(C)C)C(/C=C\CCCCCCCCCCCC)OC(=O)CCCCCCCCCCCCCCC. The number of carbonyl (C=O) groups excluding carboxylic acids is 2. The number of nitrogens with zero attached hydrogens (tertiary/aromatic N) is 1. The molecule has 0 aromatic carbocycles. The molecule has 10 heteroatoms. The van der Waals surface area contributed by atoms with Crippen LogP contribution in [0.2, 0.25) is 0 Å². The van der Waals surface area contributed by atoms with E-state index in [1.807, 2.05) is 33.3 Å². The first-order valence-corrected chi connectivity index (χ1v) is 30.6. The molecule has 0 aromatic heterocycles. The number of allylic oxidation sites excluding steroid dienone is 9. The number of quaternary nitrogens is 1. The molecule has 70 heavy (non-hydrogen) atoms. The molecule has 0 aromatic rings. The average Bonchev–Trinajstić information content (AvgIpc) is 3.32. The monoisotopic (exact) mass is 1000 g/mol. The average molecular weight is 1000 g/mol. The van der Waals surface area contributed by atoms with E-state index >= 15 is 0 Å². The number of likely N-dealkylation sites (N-methyl/N-ethyl adjacent to an activating group) is 1. The first kappa shape index (κ1) is 67.7. The fraction of sp³-hybridized carbons (Fsp3) is 0.800. The van der Waals surface area contributed by atoms with Crippen LogP contribution >= 0.6 is 7.82 Å². The number of carbonyl (C=O) groups is 2. The predicted octanol–water partition coefficient (Wildman–Crippen LogP) is 17.5. The van der Waals surface area contributed by atoms with Crippen molar-refractivity contribution in [3.63, 3.8) is 0 Å². The maximum absolute atomic E-state index is 13.5. The van der Waals surface area contributed by atoms with E-state index in [0.29, 0.717) is 23.9 Å². The summed E-state index contributed by atoms with van der Waals surface area (Å²) in [4.78, 5) is 37.6. The molecule has 0 fully saturated rings. The molecule has 0 radical (unpaired) electrons. The Morgan fingerprint density at radius 2 is 0.871 bits per heavy atom. The van der Waals surface area contributed by atoms with Gasteiger partial charge in [-0.05, 0) is 76.7 Å². The van der Waals surface area contributed by atoms with Crippen molar-refractivity contribution >= 4 is 19.7 Å². The summed E-state index contributed by atoms with van der Waals surface area (Å²) in [6.07, 6.45) is 62.1. The van der Waals surface area contributed by atoms with Gasteiger partial charge in [0.1, 0.15) is 19.3 Å². The highest BCUT2D eigenvalue weighted by Gasteiger charge is 2.30. The lowest BCUT2D eigenvalue weighted by Crippen LogP contribution is -2.47. The van der Waals surface area contributed by atoms with Gasteiger partial charge >= 0.3 is 13.8 Å². The van der Waals surface area contributed by atoms with Gasteiger partial charge in [-0.15, -0.1) is 0 Å². The lowest BCUT2D eigenvalue weighted by Gasteiger charge is -2.27. The third-order valence-electron chi connectivity index (χ3n) is 12.7. The summed E-state index contributed by atoms with van der Waals surface area (Å²) >= 11 is 0. The van der Waals surface area contributed by atoms with Crippen molar-refractivity contribution in [2.45, 2.75) is 270 Å². The van der Waals surface area contributed by atoms with Crippen LogP contribution in [0.4, 0.5) is 0 Å². The maximum atomic E-state index is 13.5. The number of rotatable bonds is 52. The number of ether oxygens (including phenoxy) is 1. The van der Waals surface area contributed by atoms with Crippen LogP contribution in [0.5, 0.6) is 0 Å². The van der Waals surface area contributed by atoms with Gasteiger partial charge in [0.25, 0.3) is 0 Å². The van der Waals surface area contributed by atoms with E-state index in [-0.39, 0.29) is 31.5 Å². The quantitative estimate of drug-likeness (QED) is 0.0205. The summed E-state index contributed by atoms with van der Waals surface area (Å²) in [6, 6.07) is -0.863. The maximum Gasteiger partial charge on any atom is 0.472 e. The highest BCUT2D eigenvalue weighted by atomic mass is 31.2. The summed E-state index contributed by atoms with van der Waals surface area (Å²) in [7, 11) is 1.47. The molecule has 3 atom stereocenters. The van der Waals surface area contributed by atoms with Gasteiger partial charge in [0.05, 0.1) is 33.8 Å². The molecule has 0 saturated heterocycles. The highest BCUT2D eigenvalue weighted by molar-refractivity contribution is 7.47. The molecule has 0 heterocycles. The predicted molar refractivity (Wildman–Crippen MR) is 300 cm³/mol. The van der Waals surface area contributed by atoms with Crippen molar-refractivity contribution in [2.24, 2.45) is 0 Å². The van der Waals surface area contributed by atoms with Gasteiger partial charge in [-0.2, -0.15) is 0 Å². The second-order valence-corrected chi connectivity index (χ2v) is 22.3. The van der Waals surface area contributed by atoms with Gasteiger partial charge in [0, 0.05) is 12.8 Å². The first-order chi connectivity index (χ1) is 33.9. The normalized spacial score (nSPS) is 14.2. The van der Waals surface area contributed by atoms with Crippen molar-refractivity contribution in [3.8, 4) is 0 Å². The van der Waals surface area contributed by atoms with E-state index in [2.05, 4.69) is 74.7 Å². The first-order valence-electron chi connectivity index (χ1n) is 29.1. The Morgan fingerprint density at radius 3 is 1.34 bits per heavy atom. The molecule has 9 nitrogen and oxygen atoms in total. The zero-order chi connectivity index (χ0) is 51.5. The zero-order valence-electron chi connectivity index (χ0n) is 46.5. The van der Waals surface area contributed by atoms with Gasteiger partial charge < -0.3 is 19.4 Å². The van der Waals surface area contributed by atoms with Crippen molar-refractivity contribution < 1.29 is 37.3 Å². The lowest BCUT2D eigenvalue weighted by molar-refractivity contribution is -0.870. The van der Waals surface area contributed by atoms with E-state index in [1.165, 1.54) is 141 Å². The summed E-state index contributed by atoms with van der Waals surface area (Å²) in [5, 5.41) is 3.03. The minimum Gasteiger partial charge on any atom is -0.456 e. The van der Waals surface area contributed by atoms with Crippen LogP contribution in [0.15, 0.2) is 60.8 Å². The third-order valence-corrected chi connectivity index (χ3v) is 13.7. The Labute approximate surface area is 432 Å². The van der Waals surface area contributed by atoms with Crippen LogP contribution in [-0.2, 0) is 27.9 Å². The molecule has 0 aliphatic rings. The van der Waals surface area contributed by atoms with Crippen molar-refractivity contribution in [2.75, 3.05) is 40.9 Å². The van der Waals surface area contributed by atoms with Crippen molar-refractivity contribution in [1.82, 2.24) is 5.32 Å². The zero-order valence-corrected chi connectivity index (χ0v) is 47.4. The molecule has 408 valence electrons. The number of hydrogen-bond donors (Lipinski definition) is 2. The number of hydrogen-bond acceptors (Lipinski definition) is 6. The van der Waals surface area contributed by atoms with E-state index < -0.39 is 20.0 Å². The van der Waals surface area contributed by atoms with Crippen LogP contribution < -0.4 is 5.32 Å². The van der Waals surface area contributed by atoms with Crippen LogP contribution in [0.25, 0.3) is 0 Å². The summed E-state index contributed by atoms with van der Waals surface area (Å²) in [5.74, 6) is -0.537. The van der Waals surface area contributed by atoms with Gasteiger partial charge in [0.15, 0.2) is 0 Å². The van der Waals surface area contributed by atoms with E-state index in [9.17, 15) is 19.0 Å². The summed E-state index contributed by atoms with van der Waals surface area (Å²) in [5.41, 5.74) is 0. The standard InChI is InChI=1S/C60H111N2O7P/c1-7-10-13-16-19-22-25-28-29-30-31-32-33-35-37-40-43-46-49-52-59(63)61-57(56-68-70(65,66)67-55-54-62(4,5)6)58(51-48-45-42-39-36-27-24-21-18-15-12-9-3)69-60(64)53-50-47-44-41-38-34-26-23-20-17-14-11-8-2/h19,22,28-29,31-32,35,37,48,51,57-58H,7-18,20-21,23-27,30,33-34,36,38-47,49-50,52-56H2,1-6H3,(H-,61,63,65,66)/p+1/b22-19-,29-28-,32-31-,37-35-,51-48-. The van der Waals surface area contributed by atoms with Gasteiger partial charge in [-0.25, -0.2) is 4.57 Å². The number of phosphoric ester groups is 1. The topological polar surface area (TPSA) is 111 Å². The van der Waals surface area contributed by atoms with E-state index in [0.717, 1.165) is 77.0 Å². The number of nitrogens with one attached hydrogen (secondary N) is 1. The summed E-state index contributed by atoms with van der Waals surface area (Å²) < 4.78 is 30.6. The fourth-order valence-electron chi connectivity index (χ4n) is 8.16. The molecule has 0 bridgehead atoms. The van der Waals surface area contributed by atoms with Crippen LogP contribution in [0, 0.1) is 0 Å². The molecular weight excluding hydrogens is 892 g/mol. The van der Waals surface area contributed by atoms with Gasteiger partial charge in [-0.1, -0.05) is 230 Å². The number of esters is 1. The third kappa shape index (κ3) is 50.6. The van der Waals surface area contributed by atoms with Crippen LogP contribution in [-0.4, -0.2) is 74.3 Å². The molecule has 0 rings (SSSR count). The van der Waals surface area contributed by atoms with Crippen LogP contribution in [0.3, 0.4) is 0 Å². The highest BCUT2D eigenvalue weighted by Crippen LogP contribution is 2.43. The molecule has 0 aliphatic heterocycles. The number of amides is 1. The number of unbranched alkanes of at least 4 members (excludes halogenated alkanes) is 28. The molecule has 0 aliphatic carbocycles. The van der Waals surface area contributed by atoms with E-state index in [1.54, 1.807) is 0 Å². The molecule has 0 spiro atoms. The van der Waals surface area contributed by atoms with Gasteiger partial charge in [0.2, 0.25) is 5.91 Å². The molecule has 1 amide bonds. The molecule has 3 unspecified atom stereocenters. The van der Waals surface area contributed by atoms with Crippen molar-refractivity contribution in [1.29, 1.82) is 0 Å². The second-order valence-electron chi connectivity index (χ2n) is 20.8. The van der Waals surface area contributed by atoms with Crippen LogP contribution in [0.1, 0.15) is 258 Å². The fourth-order valence-corrected chi connectivity index (χ4v) is 8.89. The van der Waals surface area contributed by atoms with Crippen molar-refractivity contribution in [3.05, 3.63) is 60.8 Å².